The first-order valence-corrected chi connectivity index (χ1v) is 6.15. The molecular formula is C10H7Br2N3O2. The van der Waals surface area contributed by atoms with Crippen LogP contribution in [0.1, 0.15) is 10.5 Å². The molecular weight excluding hydrogens is 354 g/mol. The molecule has 1 aromatic carbocycles. The molecule has 0 saturated heterocycles. The van der Waals surface area contributed by atoms with E-state index in [4.69, 9.17) is 4.74 Å². The van der Waals surface area contributed by atoms with Crippen LogP contribution >= 0.6 is 31.9 Å². The van der Waals surface area contributed by atoms with E-state index in [-0.39, 0.29) is 5.69 Å². The van der Waals surface area contributed by atoms with E-state index >= 15 is 0 Å². The Balaban J connectivity index is 2.54. The third kappa shape index (κ3) is 2.39. The number of ether oxygens (including phenoxy) is 1. The quantitative estimate of drug-likeness (QED) is 0.789. The van der Waals surface area contributed by atoms with Crippen LogP contribution in [0.4, 0.5) is 0 Å². The van der Waals surface area contributed by atoms with Crippen molar-refractivity contribution in [3.63, 3.8) is 0 Å². The summed E-state index contributed by atoms with van der Waals surface area (Å²) >= 11 is 6.79. The number of carbonyl (C=O) groups excluding carboxylic acids is 1. The van der Waals surface area contributed by atoms with Crippen molar-refractivity contribution in [3.05, 3.63) is 33.0 Å². The van der Waals surface area contributed by atoms with Crippen molar-refractivity contribution < 1.29 is 9.53 Å². The number of nitrogens with zero attached hydrogens (tertiary/aromatic N) is 3. The average molecular weight is 361 g/mol. The fraction of sp³-hybridized carbons (Fsp3) is 0.100. The van der Waals surface area contributed by atoms with Crippen LogP contribution < -0.4 is 4.74 Å². The van der Waals surface area contributed by atoms with E-state index in [0.29, 0.717) is 12.0 Å². The summed E-state index contributed by atoms with van der Waals surface area (Å²) in [5.74, 6) is 0.673. The number of methoxy groups -OCH3 is 1. The summed E-state index contributed by atoms with van der Waals surface area (Å²) in [6.45, 7) is 0. The molecule has 5 nitrogen and oxygen atoms in total. The van der Waals surface area contributed by atoms with Gasteiger partial charge >= 0.3 is 0 Å². The van der Waals surface area contributed by atoms with Crippen LogP contribution in [0.3, 0.4) is 0 Å². The Morgan fingerprint density at radius 1 is 1.35 bits per heavy atom. The predicted octanol–water partition coefficient (Wildman–Crippen LogP) is 2.61. The fourth-order valence-corrected chi connectivity index (χ4v) is 2.64. The highest BCUT2D eigenvalue weighted by Crippen LogP contribution is 2.33. The molecule has 0 fully saturated rings. The number of hydrogen-bond donors (Lipinski definition) is 0. The average Bonchev–Trinajstić information content (AvgIpc) is 2.78. The minimum Gasteiger partial charge on any atom is -0.495 e. The van der Waals surface area contributed by atoms with Gasteiger partial charge in [-0.2, -0.15) is 0 Å². The van der Waals surface area contributed by atoms with Gasteiger partial charge in [-0.1, -0.05) is 5.21 Å². The van der Waals surface area contributed by atoms with Crippen LogP contribution in [0.2, 0.25) is 0 Å². The van der Waals surface area contributed by atoms with Gasteiger partial charge in [0.1, 0.15) is 11.4 Å². The standard InChI is InChI=1S/C10H7Br2N3O2/c1-17-10-3-9(7(11)2-8(10)12)15-4-6(5-16)13-14-15/h2-5H,1H3. The van der Waals surface area contributed by atoms with Gasteiger partial charge in [0.2, 0.25) is 0 Å². The lowest BCUT2D eigenvalue weighted by Gasteiger charge is -2.08. The molecule has 0 N–H and O–H groups in total. The van der Waals surface area contributed by atoms with Crippen LogP contribution in [0, 0.1) is 0 Å². The largest absolute Gasteiger partial charge is 0.495 e. The number of hydrogen-bond acceptors (Lipinski definition) is 4. The molecule has 0 unspecified atom stereocenters. The second kappa shape index (κ2) is 4.97. The summed E-state index contributed by atoms with van der Waals surface area (Å²) in [5.41, 5.74) is 1.02. The zero-order valence-electron chi connectivity index (χ0n) is 8.72. The highest BCUT2D eigenvalue weighted by molar-refractivity contribution is 9.11. The van der Waals surface area contributed by atoms with Crippen molar-refractivity contribution in [2.45, 2.75) is 0 Å². The number of carbonyl (C=O) groups is 1. The monoisotopic (exact) mass is 359 g/mol. The van der Waals surface area contributed by atoms with Crippen molar-refractivity contribution in [2.75, 3.05) is 7.11 Å². The van der Waals surface area contributed by atoms with Crippen molar-refractivity contribution >= 4 is 38.1 Å². The Hall–Kier alpha value is -1.21. The van der Waals surface area contributed by atoms with Gasteiger partial charge in [0.25, 0.3) is 0 Å². The molecule has 1 heterocycles. The van der Waals surface area contributed by atoms with Crippen molar-refractivity contribution in [3.8, 4) is 11.4 Å². The second-order valence-electron chi connectivity index (χ2n) is 3.14. The van der Waals surface area contributed by atoms with E-state index < -0.39 is 0 Å². The molecule has 0 spiro atoms. The molecule has 0 saturated carbocycles. The van der Waals surface area contributed by atoms with E-state index in [0.717, 1.165) is 14.6 Å². The molecule has 0 aliphatic rings. The molecule has 0 atom stereocenters. The Bertz CT molecular complexity index is 569. The summed E-state index contributed by atoms with van der Waals surface area (Å²) in [6.07, 6.45) is 2.19. The summed E-state index contributed by atoms with van der Waals surface area (Å²) < 4.78 is 8.34. The zero-order valence-corrected chi connectivity index (χ0v) is 11.9. The molecule has 7 heteroatoms. The minimum atomic E-state index is 0.277. The van der Waals surface area contributed by atoms with Crippen LogP contribution in [-0.4, -0.2) is 28.4 Å². The Morgan fingerprint density at radius 3 is 2.71 bits per heavy atom. The van der Waals surface area contributed by atoms with Gasteiger partial charge in [0.05, 0.1) is 23.5 Å². The predicted molar refractivity (Wildman–Crippen MR) is 68.7 cm³/mol. The highest BCUT2D eigenvalue weighted by Gasteiger charge is 2.10. The van der Waals surface area contributed by atoms with Gasteiger partial charge in [0.15, 0.2) is 6.29 Å². The fourth-order valence-electron chi connectivity index (χ4n) is 1.30. The van der Waals surface area contributed by atoms with Crippen LogP contribution in [0.25, 0.3) is 5.69 Å². The normalized spacial score (nSPS) is 10.3. The number of aldehydes is 1. The molecule has 88 valence electrons. The minimum absolute atomic E-state index is 0.277. The van der Waals surface area contributed by atoms with E-state index in [2.05, 4.69) is 42.2 Å². The van der Waals surface area contributed by atoms with E-state index in [1.165, 1.54) is 4.68 Å². The molecule has 1 aromatic heterocycles. The van der Waals surface area contributed by atoms with E-state index in [9.17, 15) is 4.79 Å². The topological polar surface area (TPSA) is 57.0 Å². The molecule has 2 rings (SSSR count). The van der Waals surface area contributed by atoms with Gasteiger partial charge < -0.3 is 4.74 Å². The lowest BCUT2D eigenvalue weighted by molar-refractivity contribution is 0.111. The van der Waals surface area contributed by atoms with Gasteiger partial charge in [0, 0.05) is 10.5 Å². The molecule has 0 radical (unpaired) electrons. The van der Waals surface area contributed by atoms with E-state index in [1.807, 2.05) is 6.07 Å². The third-order valence-corrected chi connectivity index (χ3v) is 3.35. The van der Waals surface area contributed by atoms with Crippen molar-refractivity contribution in [2.24, 2.45) is 0 Å². The molecule has 0 aliphatic carbocycles. The number of benzene rings is 1. The first-order valence-electron chi connectivity index (χ1n) is 4.56. The maximum Gasteiger partial charge on any atom is 0.171 e. The van der Waals surface area contributed by atoms with Crippen LogP contribution in [0.15, 0.2) is 27.3 Å². The van der Waals surface area contributed by atoms with E-state index in [1.54, 1.807) is 19.4 Å². The maximum atomic E-state index is 10.6. The SMILES string of the molecule is COc1cc(-n2cc(C=O)nn2)c(Br)cc1Br. The molecule has 0 aliphatic heterocycles. The van der Waals surface area contributed by atoms with Crippen LogP contribution in [0.5, 0.6) is 5.75 Å². The zero-order chi connectivity index (χ0) is 12.4. The number of aromatic nitrogens is 3. The molecule has 17 heavy (non-hydrogen) atoms. The van der Waals surface area contributed by atoms with Crippen molar-refractivity contribution in [1.82, 2.24) is 15.0 Å². The van der Waals surface area contributed by atoms with Gasteiger partial charge in [-0.15, -0.1) is 5.10 Å². The summed E-state index contributed by atoms with van der Waals surface area (Å²) in [5, 5.41) is 7.56. The smallest absolute Gasteiger partial charge is 0.171 e. The molecule has 2 aromatic rings. The van der Waals surface area contributed by atoms with Gasteiger partial charge in [-0.25, -0.2) is 4.68 Å². The van der Waals surface area contributed by atoms with Crippen LogP contribution in [-0.2, 0) is 0 Å². The summed E-state index contributed by atoms with van der Waals surface area (Å²) in [7, 11) is 1.58. The summed E-state index contributed by atoms with van der Waals surface area (Å²) in [6, 6.07) is 3.63. The number of halogens is 2. The van der Waals surface area contributed by atoms with Gasteiger partial charge in [-0.05, 0) is 37.9 Å². The summed E-state index contributed by atoms with van der Waals surface area (Å²) in [4.78, 5) is 10.6. The lowest BCUT2D eigenvalue weighted by Crippen LogP contribution is -1.97. The molecule has 0 bridgehead atoms. The Kier molecular flexibility index (Phi) is 3.58. The Labute approximate surface area is 114 Å². The first kappa shape index (κ1) is 12.3. The third-order valence-electron chi connectivity index (χ3n) is 2.10. The molecule has 0 amide bonds. The lowest BCUT2D eigenvalue weighted by atomic mass is 10.3. The maximum absolute atomic E-state index is 10.6. The first-order chi connectivity index (χ1) is 8.15. The highest BCUT2D eigenvalue weighted by atomic mass is 79.9. The number of rotatable bonds is 3. The van der Waals surface area contributed by atoms with Crippen molar-refractivity contribution in [1.29, 1.82) is 0 Å². The van der Waals surface area contributed by atoms with Gasteiger partial charge in [-0.3, -0.25) is 4.79 Å². The second-order valence-corrected chi connectivity index (χ2v) is 4.85. The Morgan fingerprint density at radius 2 is 2.12 bits per heavy atom.